The summed E-state index contributed by atoms with van der Waals surface area (Å²) < 4.78 is 5.38. The first-order chi connectivity index (χ1) is 9.25. The first-order valence-corrected chi connectivity index (χ1v) is 6.15. The van der Waals surface area contributed by atoms with Crippen LogP contribution in [0.3, 0.4) is 0 Å². The largest absolute Gasteiger partial charge is 0.493 e. The first kappa shape index (κ1) is 11.7. The van der Waals surface area contributed by atoms with Crippen LogP contribution in [0.25, 0.3) is 0 Å². The highest BCUT2D eigenvalue weighted by atomic mass is 16.5. The summed E-state index contributed by atoms with van der Waals surface area (Å²) in [6.07, 6.45) is 0.788. The van der Waals surface area contributed by atoms with E-state index in [1.165, 1.54) is 0 Å². The summed E-state index contributed by atoms with van der Waals surface area (Å²) in [6.45, 7) is 0.639. The number of carbonyl (C=O) groups is 2. The first-order valence-electron chi connectivity index (χ1n) is 6.15. The maximum absolute atomic E-state index is 12.2. The fraction of sp³-hybridized carbons (Fsp3) is 0.125. The summed E-state index contributed by atoms with van der Waals surface area (Å²) in [4.78, 5) is 24.2. The summed E-state index contributed by atoms with van der Waals surface area (Å²) >= 11 is 0. The number of ketones is 2. The fourth-order valence-electron chi connectivity index (χ4n) is 2.18. The second kappa shape index (κ2) is 4.69. The molecule has 0 radical (unpaired) electrons. The third-order valence-electron chi connectivity index (χ3n) is 3.19. The lowest BCUT2D eigenvalue weighted by atomic mass is 9.99. The maximum atomic E-state index is 12.2. The Balaban J connectivity index is 1.90. The third kappa shape index (κ3) is 2.15. The molecule has 3 nitrogen and oxygen atoms in total. The minimum absolute atomic E-state index is 0.421. The van der Waals surface area contributed by atoms with E-state index in [2.05, 4.69) is 0 Å². The Kier molecular flexibility index (Phi) is 2.88. The van der Waals surface area contributed by atoms with E-state index in [-0.39, 0.29) is 0 Å². The lowest BCUT2D eigenvalue weighted by Gasteiger charge is -2.03. The normalized spacial score (nSPS) is 12.6. The van der Waals surface area contributed by atoms with E-state index in [0.29, 0.717) is 17.7 Å². The minimum Gasteiger partial charge on any atom is -0.493 e. The molecule has 3 heteroatoms. The Morgan fingerprint density at radius 2 is 1.63 bits per heavy atom. The van der Waals surface area contributed by atoms with Crippen molar-refractivity contribution in [2.24, 2.45) is 0 Å². The van der Waals surface area contributed by atoms with Gasteiger partial charge in [-0.15, -0.1) is 0 Å². The molecule has 94 valence electrons. The molecule has 0 unspecified atom stereocenters. The maximum Gasteiger partial charge on any atom is 0.233 e. The highest BCUT2D eigenvalue weighted by molar-refractivity contribution is 6.49. The highest BCUT2D eigenvalue weighted by Crippen LogP contribution is 2.26. The van der Waals surface area contributed by atoms with Gasteiger partial charge in [-0.25, -0.2) is 0 Å². The van der Waals surface area contributed by atoms with Crippen molar-refractivity contribution in [2.45, 2.75) is 6.42 Å². The summed E-state index contributed by atoms with van der Waals surface area (Å²) in [7, 11) is 0. The Morgan fingerprint density at radius 1 is 0.895 bits per heavy atom. The second-order valence-electron chi connectivity index (χ2n) is 4.45. The van der Waals surface area contributed by atoms with Crippen LogP contribution in [0.1, 0.15) is 26.3 Å². The molecule has 0 aromatic heterocycles. The number of benzene rings is 2. The van der Waals surface area contributed by atoms with Crippen LogP contribution >= 0.6 is 0 Å². The van der Waals surface area contributed by atoms with Gasteiger partial charge in [0, 0.05) is 17.5 Å². The van der Waals surface area contributed by atoms with Gasteiger partial charge >= 0.3 is 0 Å². The summed E-state index contributed by atoms with van der Waals surface area (Å²) in [5.74, 6) is -0.135. The molecule has 1 aliphatic rings. The minimum atomic E-state index is -0.473. The van der Waals surface area contributed by atoms with Crippen molar-refractivity contribution in [3.8, 4) is 5.75 Å². The molecule has 0 amide bonds. The molecule has 0 bridgehead atoms. The van der Waals surface area contributed by atoms with Gasteiger partial charge in [0.15, 0.2) is 0 Å². The van der Waals surface area contributed by atoms with Gasteiger partial charge in [-0.3, -0.25) is 9.59 Å². The zero-order valence-electron chi connectivity index (χ0n) is 10.3. The lowest BCUT2D eigenvalue weighted by molar-refractivity contribution is 0.0817. The molecule has 3 rings (SSSR count). The van der Waals surface area contributed by atoms with E-state index < -0.39 is 11.6 Å². The van der Waals surface area contributed by atoms with Crippen molar-refractivity contribution >= 4 is 11.6 Å². The number of rotatable bonds is 3. The number of Topliss-reactive ketones (excluding diaryl/α,β-unsaturated/α-hetero) is 2. The number of ether oxygens (including phenoxy) is 1. The summed E-state index contributed by atoms with van der Waals surface area (Å²) in [5.41, 5.74) is 1.84. The van der Waals surface area contributed by atoms with Gasteiger partial charge in [0.25, 0.3) is 0 Å². The summed E-state index contributed by atoms with van der Waals surface area (Å²) in [6, 6.07) is 13.8. The van der Waals surface area contributed by atoms with Crippen molar-refractivity contribution < 1.29 is 14.3 Å². The van der Waals surface area contributed by atoms with Gasteiger partial charge in [-0.2, -0.15) is 0 Å². The molecule has 1 heterocycles. The molecule has 2 aromatic rings. The van der Waals surface area contributed by atoms with E-state index in [4.69, 9.17) is 4.74 Å². The van der Waals surface area contributed by atoms with Crippen molar-refractivity contribution in [3.63, 3.8) is 0 Å². The average molecular weight is 252 g/mol. The molecule has 0 aliphatic carbocycles. The van der Waals surface area contributed by atoms with Crippen molar-refractivity contribution in [3.05, 3.63) is 65.2 Å². The number of hydrogen-bond donors (Lipinski definition) is 0. The zero-order valence-corrected chi connectivity index (χ0v) is 10.3. The molecule has 0 spiro atoms. The van der Waals surface area contributed by atoms with Crippen LogP contribution in [0.4, 0.5) is 0 Å². The van der Waals surface area contributed by atoms with Crippen LogP contribution < -0.4 is 4.74 Å². The third-order valence-corrected chi connectivity index (χ3v) is 3.19. The molecule has 0 fully saturated rings. The molecule has 1 aliphatic heterocycles. The van der Waals surface area contributed by atoms with Crippen LogP contribution in [0.2, 0.25) is 0 Å². The number of carbonyl (C=O) groups excluding carboxylic acids is 2. The fourth-order valence-corrected chi connectivity index (χ4v) is 2.18. The van der Waals surface area contributed by atoms with E-state index in [0.717, 1.165) is 17.7 Å². The highest BCUT2D eigenvalue weighted by Gasteiger charge is 2.20. The van der Waals surface area contributed by atoms with E-state index >= 15 is 0 Å². The Morgan fingerprint density at radius 3 is 2.42 bits per heavy atom. The average Bonchev–Trinajstić information content (AvgIpc) is 2.94. The second-order valence-corrected chi connectivity index (χ2v) is 4.45. The van der Waals surface area contributed by atoms with Crippen LogP contribution in [-0.2, 0) is 6.42 Å². The van der Waals surface area contributed by atoms with Gasteiger partial charge in [0.05, 0.1) is 6.61 Å². The quantitative estimate of drug-likeness (QED) is 0.623. The molecule has 0 saturated heterocycles. The van der Waals surface area contributed by atoms with Crippen molar-refractivity contribution in [1.29, 1.82) is 0 Å². The van der Waals surface area contributed by atoms with Crippen LogP contribution in [-0.4, -0.2) is 18.2 Å². The van der Waals surface area contributed by atoms with Crippen LogP contribution in [0.5, 0.6) is 5.75 Å². The zero-order chi connectivity index (χ0) is 13.2. The van der Waals surface area contributed by atoms with Gasteiger partial charge in [0.2, 0.25) is 11.6 Å². The van der Waals surface area contributed by atoms with Gasteiger partial charge in [0.1, 0.15) is 5.75 Å². The monoisotopic (exact) mass is 252 g/mol. The molecule has 0 N–H and O–H groups in total. The topological polar surface area (TPSA) is 43.4 Å². The number of hydrogen-bond acceptors (Lipinski definition) is 3. The van der Waals surface area contributed by atoms with E-state index in [1.807, 2.05) is 6.07 Å². The van der Waals surface area contributed by atoms with Crippen molar-refractivity contribution in [2.75, 3.05) is 6.61 Å². The van der Waals surface area contributed by atoms with Gasteiger partial charge in [-0.05, 0) is 23.8 Å². The van der Waals surface area contributed by atoms with Crippen molar-refractivity contribution in [1.82, 2.24) is 0 Å². The van der Waals surface area contributed by atoms with Crippen LogP contribution in [0.15, 0.2) is 48.5 Å². The predicted molar refractivity (Wildman–Crippen MR) is 70.7 cm³/mol. The Bertz CT molecular complexity index is 644. The molecular formula is C16H12O3. The lowest BCUT2D eigenvalue weighted by Crippen LogP contribution is -2.14. The van der Waals surface area contributed by atoms with Crippen LogP contribution in [0, 0.1) is 0 Å². The van der Waals surface area contributed by atoms with E-state index in [1.54, 1.807) is 42.5 Å². The smallest absolute Gasteiger partial charge is 0.233 e. The van der Waals surface area contributed by atoms with E-state index in [9.17, 15) is 9.59 Å². The van der Waals surface area contributed by atoms with Gasteiger partial charge < -0.3 is 4.74 Å². The molecule has 19 heavy (non-hydrogen) atoms. The number of fused-ring (bicyclic) bond motifs is 1. The Hall–Kier alpha value is -2.42. The molecule has 2 aromatic carbocycles. The molecule has 0 saturated carbocycles. The standard InChI is InChI=1S/C16H12O3/c17-15(11-4-2-1-3-5-11)16(18)13-6-7-14-12(10-13)8-9-19-14/h1-7,10H,8-9H2. The van der Waals surface area contributed by atoms with Gasteiger partial charge in [-0.1, -0.05) is 30.3 Å². The SMILES string of the molecule is O=C(C(=O)c1ccc2c(c1)CCO2)c1ccccc1. The molecule has 0 atom stereocenters. The molecular weight excluding hydrogens is 240 g/mol. The Labute approximate surface area is 110 Å². The summed E-state index contributed by atoms with van der Waals surface area (Å²) in [5, 5.41) is 0. The predicted octanol–water partition coefficient (Wildman–Crippen LogP) is 2.69.